The predicted octanol–water partition coefficient (Wildman–Crippen LogP) is 0.436. The molecule has 1 aliphatic rings. The van der Waals surface area contributed by atoms with E-state index in [0.717, 1.165) is 0 Å². The zero-order valence-electron chi connectivity index (χ0n) is 4.96. The number of carboxylic acid groups (broad SMARTS) is 1. The Bertz CT molecular complexity index is 159. The molecule has 0 bridgehead atoms. The summed E-state index contributed by atoms with van der Waals surface area (Å²) >= 11 is 0. The minimum absolute atomic E-state index is 0.280. The second-order valence-electron chi connectivity index (χ2n) is 2.08. The summed E-state index contributed by atoms with van der Waals surface area (Å²) in [4.78, 5) is 9.88. The highest BCUT2D eigenvalue weighted by Crippen LogP contribution is 2.25. The molecule has 0 aliphatic carbocycles. The van der Waals surface area contributed by atoms with Crippen molar-refractivity contribution >= 4 is 6.09 Å². The van der Waals surface area contributed by atoms with E-state index in [1.165, 1.54) is 0 Å². The van der Waals surface area contributed by atoms with Crippen molar-refractivity contribution in [3.8, 4) is 0 Å². The second-order valence-corrected chi connectivity index (χ2v) is 2.08. The van der Waals surface area contributed by atoms with Crippen molar-refractivity contribution in [3.05, 3.63) is 0 Å². The van der Waals surface area contributed by atoms with E-state index in [4.69, 9.17) is 5.11 Å². The Morgan fingerprint density at radius 3 is 2.67 bits per heavy atom. The minimum atomic E-state index is -1.03. The van der Waals surface area contributed by atoms with Crippen LogP contribution < -0.4 is 5.32 Å². The van der Waals surface area contributed by atoms with Crippen molar-refractivity contribution in [2.45, 2.75) is 12.6 Å². The predicted molar refractivity (Wildman–Crippen MR) is 29.3 cm³/mol. The first-order chi connectivity index (χ1) is 4.12. The molecule has 1 heterocycles. The van der Waals surface area contributed by atoms with Gasteiger partial charge in [0.25, 0.3) is 0 Å². The minimum Gasteiger partial charge on any atom is -0.465 e. The van der Waals surface area contributed by atoms with Crippen molar-refractivity contribution in [2.24, 2.45) is 10.2 Å². The van der Waals surface area contributed by atoms with E-state index in [9.17, 15) is 4.79 Å². The summed E-state index contributed by atoms with van der Waals surface area (Å²) in [5.41, 5.74) is -0.460. The maximum atomic E-state index is 9.88. The standard InChI is InChI=1S/C4H7N3O2/c1-4(6-7-4)2-5-3(8)9/h5H,2H2,1H3,(H,8,9). The van der Waals surface area contributed by atoms with E-state index >= 15 is 0 Å². The molecular weight excluding hydrogens is 122 g/mol. The van der Waals surface area contributed by atoms with Crippen molar-refractivity contribution in [1.29, 1.82) is 0 Å². The monoisotopic (exact) mass is 129 g/mol. The number of rotatable bonds is 2. The van der Waals surface area contributed by atoms with Gasteiger partial charge in [0.05, 0.1) is 6.54 Å². The van der Waals surface area contributed by atoms with Crippen LogP contribution in [0.2, 0.25) is 0 Å². The van der Waals surface area contributed by atoms with Gasteiger partial charge in [0.15, 0.2) is 0 Å². The molecule has 0 unspecified atom stereocenters. The van der Waals surface area contributed by atoms with Crippen LogP contribution in [0.25, 0.3) is 0 Å². The average molecular weight is 129 g/mol. The van der Waals surface area contributed by atoms with E-state index in [1.54, 1.807) is 6.92 Å². The lowest BCUT2D eigenvalue weighted by Crippen LogP contribution is -2.31. The smallest absolute Gasteiger partial charge is 0.404 e. The molecule has 1 rings (SSSR count). The van der Waals surface area contributed by atoms with E-state index in [1.807, 2.05) is 0 Å². The van der Waals surface area contributed by atoms with E-state index in [0.29, 0.717) is 0 Å². The highest BCUT2D eigenvalue weighted by Gasteiger charge is 2.33. The first-order valence-corrected chi connectivity index (χ1v) is 2.53. The van der Waals surface area contributed by atoms with Crippen LogP contribution in [0, 0.1) is 0 Å². The van der Waals surface area contributed by atoms with Gasteiger partial charge < -0.3 is 10.4 Å². The normalized spacial score (nSPS) is 19.2. The van der Waals surface area contributed by atoms with Crippen LogP contribution in [0.15, 0.2) is 10.2 Å². The maximum absolute atomic E-state index is 9.88. The van der Waals surface area contributed by atoms with Gasteiger partial charge in [-0.05, 0) is 6.92 Å². The number of hydrogen-bond donors (Lipinski definition) is 2. The topological polar surface area (TPSA) is 74.0 Å². The third-order valence-corrected chi connectivity index (χ3v) is 1.02. The highest BCUT2D eigenvalue weighted by atomic mass is 16.4. The van der Waals surface area contributed by atoms with Gasteiger partial charge in [-0.25, -0.2) is 4.79 Å². The Kier molecular flexibility index (Phi) is 1.12. The molecule has 5 nitrogen and oxygen atoms in total. The largest absolute Gasteiger partial charge is 0.465 e. The molecule has 0 aromatic rings. The Balaban J connectivity index is 2.13. The summed E-state index contributed by atoms with van der Waals surface area (Å²) in [6.07, 6.45) is -1.03. The third kappa shape index (κ3) is 1.67. The zero-order valence-corrected chi connectivity index (χ0v) is 4.96. The molecule has 1 aliphatic heterocycles. The van der Waals surface area contributed by atoms with Gasteiger partial charge in [0.1, 0.15) is 0 Å². The van der Waals surface area contributed by atoms with E-state index < -0.39 is 11.8 Å². The van der Waals surface area contributed by atoms with Crippen LogP contribution in [0.3, 0.4) is 0 Å². The number of carbonyl (C=O) groups is 1. The van der Waals surface area contributed by atoms with Crippen molar-refractivity contribution in [3.63, 3.8) is 0 Å². The highest BCUT2D eigenvalue weighted by molar-refractivity contribution is 5.64. The van der Waals surface area contributed by atoms with Crippen molar-refractivity contribution < 1.29 is 9.90 Å². The molecule has 0 radical (unpaired) electrons. The molecule has 1 amide bonds. The SMILES string of the molecule is CC1(CNC(=O)O)N=N1. The van der Waals surface area contributed by atoms with Gasteiger partial charge in [-0.3, -0.25) is 0 Å². The molecule has 5 heteroatoms. The van der Waals surface area contributed by atoms with Gasteiger partial charge in [-0.2, -0.15) is 10.2 Å². The lowest BCUT2D eigenvalue weighted by Gasteiger charge is -2.00. The molecule has 50 valence electrons. The van der Waals surface area contributed by atoms with Crippen molar-refractivity contribution in [2.75, 3.05) is 6.54 Å². The first kappa shape index (κ1) is 6.00. The number of amides is 1. The van der Waals surface area contributed by atoms with Crippen LogP contribution in [-0.4, -0.2) is 23.4 Å². The maximum Gasteiger partial charge on any atom is 0.404 e. The van der Waals surface area contributed by atoms with Gasteiger partial charge in [0, 0.05) is 0 Å². The quantitative estimate of drug-likeness (QED) is 0.567. The molecule has 9 heavy (non-hydrogen) atoms. The van der Waals surface area contributed by atoms with Crippen LogP contribution in [-0.2, 0) is 0 Å². The van der Waals surface area contributed by atoms with Gasteiger partial charge in [-0.1, -0.05) is 0 Å². The van der Waals surface area contributed by atoms with Gasteiger partial charge in [0.2, 0.25) is 5.66 Å². The van der Waals surface area contributed by atoms with E-state index in [-0.39, 0.29) is 6.54 Å². The third-order valence-electron chi connectivity index (χ3n) is 1.02. The van der Waals surface area contributed by atoms with Crippen LogP contribution in [0.1, 0.15) is 6.92 Å². The lowest BCUT2D eigenvalue weighted by molar-refractivity contribution is 0.193. The van der Waals surface area contributed by atoms with E-state index in [2.05, 4.69) is 15.5 Å². The summed E-state index contributed by atoms with van der Waals surface area (Å²) < 4.78 is 0. The lowest BCUT2D eigenvalue weighted by atomic mass is 10.3. The summed E-state index contributed by atoms with van der Waals surface area (Å²) in [7, 11) is 0. The fraction of sp³-hybridized carbons (Fsp3) is 0.750. The summed E-state index contributed by atoms with van der Waals surface area (Å²) in [6, 6.07) is 0. The van der Waals surface area contributed by atoms with Crippen LogP contribution in [0.4, 0.5) is 4.79 Å². The molecule has 0 fully saturated rings. The van der Waals surface area contributed by atoms with Crippen molar-refractivity contribution in [1.82, 2.24) is 5.32 Å². The molecule has 0 saturated heterocycles. The molecule has 0 atom stereocenters. The fourth-order valence-corrected chi connectivity index (χ4v) is 0.399. The number of nitrogens with one attached hydrogen (secondary N) is 1. The first-order valence-electron chi connectivity index (χ1n) is 2.53. The van der Waals surface area contributed by atoms with Crippen LogP contribution >= 0.6 is 0 Å². The zero-order chi connectivity index (χ0) is 6.91. The van der Waals surface area contributed by atoms with Gasteiger partial charge >= 0.3 is 6.09 Å². The number of nitrogens with zero attached hydrogens (tertiary/aromatic N) is 2. The fourth-order valence-electron chi connectivity index (χ4n) is 0.399. The Labute approximate surface area is 51.8 Å². The second kappa shape index (κ2) is 1.68. The Hall–Kier alpha value is -1.13. The Morgan fingerprint density at radius 1 is 1.78 bits per heavy atom. The van der Waals surface area contributed by atoms with Crippen LogP contribution in [0.5, 0.6) is 0 Å². The molecular formula is C4H7N3O2. The molecule has 2 N–H and O–H groups in total. The molecule has 0 saturated carbocycles. The summed E-state index contributed by atoms with van der Waals surface area (Å²) in [6.45, 7) is 2.03. The average Bonchev–Trinajstić information content (AvgIpc) is 2.45. The molecule has 0 aromatic heterocycles. The summed E-state index contributed by atoms with van der Waals surface area (Å²) in [5.74, 6) is 0. The number of hydrogen-bond acceptors (Lipinski definition) is 3. The molecule has 0 spiro atoms. The summed E-state index contributed by atoms with van der Waals surface area (Å²) in [5, 5.41) is 17.5. The van der Waals surface area contributed by atoms with Gasteiger partial charge in [-0.15, -0.1) is 0 Å². The Morgan fingerprint density at radius 2 is 2.33 bits per heavy atom. The molecule has 0 aromatic carbocycles.